The number of aldehydes is 1. The fourth-order valence-corrected chi connectivity index (χ4v) is 3.06. The third-order valence-electron chi connectivity index (χ3n) is 3.68. The van der Waals surface area contributed by atoms with Gasteiger partial charge in [-0.15, -0.1) is 0 Å². The van der Waals surface area contributed by atoms with Crippen LogP contribution in [0.3, 0.4) is 0 Å². The van der Waals surface area contributed by atoms with Crippen LogP contribution in [0.1, 0.15) is 43.1 Å². The zero-order valence-electron chi connectivity index (χ0n) is 15.4. The second kappa shape index (κ2) is 8.01. The van der Waals surface area contributed by atoms with E-state index in [1.807, 2.05) is 39.0 Å². The summed E-state index contributed by atoms with van der Waals surface area (Å²) in [7, 11) is 0. The van der Waals surface area contributed by atoms with E-state index in [0.29, 0.717) is 31.7 Å². The highest BCUT2D eigenvalue weighted by molar-refractivity contribution is 7.07. The maximum atomic E-state index is 12.3. The summed E-state index contributed by atoms with van der Waals surface area (Å²) in [5.41, 5.74) is 0.335. The number of hydrogen-bond acceptors (Lipinski definition) is 8. The number of nitrogens with zero attached hydrogens (tertiary/aromatic N) is 3. The molecule has 27 heavy (non-hydrogen) atoms. The number of rotatable bonds is 4. The van der Waals surface area contributed by atoms with Gasteiger partial charge in [-0.2, -0.15) is 9.36 Å². The highest BCUT2D eigenvalue weighted by Gasteiger charge is 2.29. The molecule has 144 valence electrons. The van der Waals surface area contributed by atoms with Crippen molar-refractivity contribution in [2.45, 2.75) is 32.5 Å². The monoisotopic (exact) mass is 391 g/mol. The highest BCUT2D eigenvalue weighted by atomic mass is 32.1. The summed E-state index contributed by atoms with van der Waals surface area (Å²) < 4.78 is 20.8. The normalized spacial score (nSPS) is 17.4. The van der Waals surface area contributed by atoms with Gasteiger partial charge >= 0.3 is 6.09 Å². The number of aromatic nitrogens is 2. The molecule has 0 spiro atoms. The van der Waals surface area contributed by atoms with Crippen molar-refractivity contribution in [3.8, 4) is 10.9 Å². The second-order valence-corrected chi connectivity index (χ2v) is 7.71. The predicted molar refractivity (Wildman–Crippen MR) is 98.3 cm³/mol. The maximum Gasteiger partial charge on any atom is 0.410 e. The van der Waals surface area contributed by atoms with Crippen molar-refractivity contribution in [1.82, 2.24) is 14.3 Å². The van der Waals surface area contributed by atoms with Crippen molar-refractivity contribution in [1.29, 1.82) is 0 Å². The first-order valence-corrected chi connectivity index (χ1v) is 9.27. The van der Waals surface area contributed by atoms with Crippen molar-refractivity contribution in [3.63, 3.8) is 0 Å². The summed E-state index contributed by atoms with van der Waals surface area (Å²) in [6, 6.07) is 7.35. The van der Waals surface area contributed by atoms with E-state index in [9.17, 15) is 9.59 Å². The first kappa shape index (κ1) is 19.2. The van der Waals surface area contributed by atoms with Crippen LogP contribution < -0.4 is 4.74 Å². The number of carbonyl (C=O) groups is 2. The Morgan fingerprint density at radius 3 is 2.93 bits per heavy atom. The molecule has 9 heteroatoms. The van der Waals surface area contributed by atoms with Crippen molar-refractivity contribution >= 4 is 23.9 Å². The van der Waals surface area contributed by atoms with Gasteiger partial charge in [-0.05, 0) is 38.5 Å². The van der Waals surface area contributed by atoms with Crippen molar-refractivity contribution in [2.75, 3.05) is 19.7 Å². The van der Waals surface area contributed by atoms with Crippen molar-refractivity contribution < 1.29 is 23.8 Å². The lowest BCUT2D eigenvalue weighted by Gasteiger charge is -2.34. The van der Waals surface area contributed by atoms with E-state index in [0.717, 1.165) is 17.1 Å². The molecule has 8 nitrogen and oxygen atoms in total. The summed E-state index contributed by atoms with van der Waals surface area (Å²) >= 11 is 1.00. The number of amides is 1. The van der Waals surface area contributed by atoms with E-state index in [2.05, 4.69) is 9.36 Å². The van der Waals surface area contributed by atoms with Gasteiger partial charge in [0.2, 0.25) is 5.82 Å². The molecule has 1 aromatic carbocycles. The topological polar surface area (TPSA) is 90.9 Å². The molecule has 1 aliphatic heterocycles. The van der Waals surface area contributed by atoms with Crippen LogP contribution in [0.25, 0.3) is 0 Å². The Kier molecular flexibility index (Phi) is 5.71. The Labute approximate surface area is 161 Å². The smallest absolute Gasteiger partial charge is 0.410 e. The fraction of sp³-hybridized carbons (Fsp3) is 0.444. The lowest BCUT2D eigenvalue weighted by molar-refractivity contribution is -0.0433. The third-order valence-corrected chi connectivity index (χ3v) is 4.29. The van der Waals surface area contributed by atoms with E-state index in [4.69, 9.17) is 14.2 Å². The van der Waals surface area contributed by atoms with Crippen LogP contribution in [0, 0.1) is 0 Å². The molecule has 1 aliphatic rings. The van der Waals surface area contributed by atoms with Gasteiger partial charge in [-0.3, -0.25) is 4.79 Å². The molecule has 0 unspecified atom stereocenters. The molecule has 1 fully saturated rings. The number of carbonyl (C=O) groups excluding carboxylic acids is 2. The fourth-order valence-electron chi connectivity index (χ4n) is 2.53. The van der Waals surface area contributed by atoms with Crippen LogP contribution >= 0.6 is 11.5 Å². The first-order valence-electron chi connectivity index (χ1n) is 8.50. The van der Waals surface area contributed by atoms with Crippen molar-refractivity contribution in [3.05, 3.63) is 35.7 Å². The summed E-state index contributed by atoms with van der Waals surface area (Å²) in [6.07, 6.45) is -0.0609. The Hall–Kier alpha value is -2.52. The molecule has 0 aliphatic carbocycles. The summed E-state index contributed by atoms with van der Waals surface area (Å²) in [5.74, 6) is 0.647. The van der Waals surface area contributed by atoms with Gasteiger partial charge in [-0.1, -0.05) is 12.1 Å². The first-order chi connectivity index (χ1) is 12.8. The van der Waals surface area contributed by atoms with Gasteiger partial charge in [0.15, 0.2) is 6.29 Å². The molecule has 1 aromatic heterocycles. The van der Waals surface area contributed by atoms with E-state index in [1.54, 1.807) is 11.0 Å². The van der Waals surface area contributed by atoms with Gasteiger partial charge in [0.05, 0.1) is 13.2 Å². The zero-order valence-corrected chi connectivity index (χ0v) is 16.2. The molecule has 0 bridgehead atoms. The van der Waals surface area contributed by atoms with Gasteiger partial charge < -0.3 is 19.1 Å². The Bertz CT molecular complexity index is 817. The standard InChI is InChI=1S/C18H21N3O5S/c1-18(2,3)26-17(23)21-7-8-24-14(10-21)12-5-4-6-13(9-12)25-16-19-15(11-22)20-27-16/h4-6,9,11,14H,7-8,10H2,1-3H3/t14-/m0/s1. The number of benzene rings is 1. The van der Waals surface area contributed by atoms with E-state index in [-0.39, 0.29) is 23.2 Å². The van der Waals surface area contributed by atoms with Crippen LogP contribution in [0.15, 0.2) is 24.3 Å². The number of ether oxygens (including phenoxy) is 3. The molecule has 0 radical (unpaired) electrons. The summed E-state index contributed by atoms with van der Waals surface area (Å²) in [6.45, 7) is 6.83. The van der Waals surface area contributed by atoms with Crippen LogP contribution in [-0.2, 0) is 9.47 Å². The van der Waals surface area contributed by atoms with E-state index < -0.39 is 5.60 Å². The van der Waals surface area contributed by atoms with Crippen molar-refractivity contribution in [2.24, 2.45) is 0 Å². The molecule has 1 saturated heterocycles. The SMILES string of the molecule is CC(C)(C)OC(=O)N1CCO[C@H](c2cccc(Oc3nc(C=O)ns3)c2)C1. The highest BCUT2D eigenvalue weighted by Crippen LogP contribution is 2.29. The molecule has 0 N–H and O–H groups in total. The Morgan fingerprint density at radius 2 is 2.22 bits per heavy atom. The third kappa shape index (κ3) is 5.24. The van der Waals surface area contributed by atoms with Gasteiger partial charge in [0, 0.05) is 18.1 Å². The van der Waals surface area contributed by atoms with E-state index in [1.165, 1.54) is 0 Å². The van der Waals surface area contributed by atoms with Gasteiger partial charge in [-0.25, -0.2) is 4.79 Å². The molecule has 2 aromatic rings. The summed E-state index contributed by atoms with van der Waals surface area (Å²) in [5, 5.41) is 0.286. The molecular weight excluding hydrogens is 370 g/mol. The minimum absolute atomic E-state index is 0.0924. The Balaban J connectivity index is 1.68. The molecular formula is C18H21N3O5S. The quantitative estimate of drug-likeness (QED) is 0.737. The Morgan fingerprint density at radius 1 is 1.41 bits per heavy atom. The molecule has 1 amide bonds. The largest absolute Gasteiger partial charge is 0.444 e. The average molecular weight is 391 g/mol. The number of morpholine rings is 1. The lowest BCUT2D eigenvalue weighted by atomic mass is 10.1. The lowest BCUT2D eigenvalue weighted by Crippen LogP contribution is -2.44. The zero-order chi connectivity index (χ0) is 19.4. The van der Waals surface area contributed by atoms with Gasteiger partial charge in [0.25, 0.3) is 5.19 Å². The second-order valence-electron chi connectivity index (χ2n) is 7.00. The molecule has 1 atom stereocenters. The van der Waals surface area contributed by atoms with Crippen LogP contribution in [-0.4, -0.2) is 51.9 Å². The molecule has 0 saturated carbocycles. The average Bonchev–Trinajstić information content (AvgIpc) is 3.08. The number of hydrogen-bond donors (Lipinski definition) is 0. The predicted octanol–water partition coefficient (Wildman–Crippen LogP) is 3.45. The van der Waals surface area contributed by atoms with Crippen LogP contribution in [0.5, 0.6) is 10.9 Å². The van der Waals surface area contributed by atoms with Gasteiger partial charge in [0.1, 0.15) is 17.5 Å². The van der Waals surface area contributed by atoms with E-state index >= 15 is 0 Å². The minimum atomic E-state index is -0.541. The molecule has 2 heterocycles. The van der Waals surface area contributed by atoms with Crippen LogP contribution in [0.2, 0.25) is 0 Å². The summed E-state index contributed by atoms with van der Waals surface area (Å²) in [4.78, 5) is 28.6. The van der Waals surface area contributed by atoms with Crippen LogP contribution in [0.4, 0.5) is 4.79 Å². The maximum absolute atomic E-state index is 12.3. The minimum Gasteiger partial charge on any atom is -0.444 e. The molecule has 3 rings (SSSR count).